The van der Waals surface area contributed by atoms with E-state index in [9.17, 15) is 0 Å². The quantitative estimate of drug-likeness (QED) is 0.743. The Hall–Kier alpha value is -2.62. The molecular weight excluding hydrogens is 224 g/mol. The van der Waals surface area contributed by atoms with Crippen LogP contribution in [0, 0.1) is 0 Å². The van der Waals surface area contributed by atoms with Crippen molar-refractivity contribution in [2.24, 2.45) is 0 Å². The molecule has 88 valence electrons. The van der Waals surface area contributed by atoms with Gasteiger partial charge in [0, 0.05) is 23.5 Å². The van der Waals surface area contributed by atoms with Crippen LogP contribution in [0.3, 0.4) is 0 Å². The van der Waals surface area contributed by atoms with Crippen LogP contribution in [-0.4, -0.2) is 14.8 Å². The molecular formula is C14H12N4. The van der Waals surface area contributed by atoms with Crippen LogP contribution in [0.5, 0.6) is 0 Å². The zero-order chi connectivity index (χ0) is 12.4. The predicted molar refractivity (Wildman–Crippen MR) is 71.2 cm³/mol. The van der Waals surface area contributed by atoms with Crippen LogP contribution >= 0.6 is 0 Å². The molecule has 0 unspecified atom stereocenters. The number of rotatable bonds is 2. The summed E-state index contributed by atoms with van der Waals surface area (Å²) < 4.78 is 1.84. The molecule has 0 radical (unpaired) electrons. The normalized spacial score (nSPS) is 10.4. The Morgan fingerprint density at radius 1 is 0.889 bits per heavy atom. The summed E-state index contributed by atoms with van der Waals surface area (Å²) in [7, 11) is 0. The largest absolute Gasteiger partial charge is 0.384 e. The molecule has 0 aliphatic carbocycles. The van der Waals surface area contributed by atoms with E-state index in [1.165, 1.54) is 0 Å². The fraction of sp³-hybridized carbons (Fsp3) is 0. The Kier molecular flexibility index (Phi) is 2.53. The van der Waals surface area contributed by atoms with E-state index in [0.29, 0.717) is 5.82 Å². The Morgan fingerprint density at radius 2 is 1.72 bits per heavy atom. The number of aromatic nitrogens is 3. The molecule has 0 atom stereocenters. The van der Waals surface area contributed by atoms with Gasteiger partial charge in [-0.15, -0.1) is 0 Å². The number of benzene rings is 1. The van der Waals surface area contributed by atoms with Gasteiger partial charge in [-0.3, -0.25) is 0 Å². The van der Waals surface area contributed by atoms with Gasteiger partial charge in [0.1, 0.15) is 5.82 Å². The molecule has 3 rings (SSSR count). The standard InChI is InChI=1S/C14H12N4/c15-14-7-6-11(8-16-14)12-9-17-18(10-12)13-4-2-1-3-5-13/h1-10H,(H2,15,16). The molecule has 1 aromatic carbocycles. The molecule has 0 amide bonds. The summed E-state index contributed by atoms with van der Waals surface area (Å²) in [6.07, 6.45) is 5.55. The highest BCUT2D eigenvalue weighted by Crippen LogP contribution is 2.19. The number of anilines is 1. The Labute approximate surface area is 105 Å². The third kappa shape index (κ3) is 1.96. The molecule has 0 saturated heterocycles. The van der Waals surface area contributed by atoms with Crippen LogP contribution in [-0.2, 0) is 0 Å². The molecule has 0 bridgehead atoms. The third-order valence-corrected chi connectivity index (χ3v) is 2.72. The minimum absolute atomic E-state index is 0.522. The Morgan fingerprint density at radius 3 is 2.44 bits per heavy atom. The van der Waals surface area contributed by atoms with E-state index in [1.807, 2.05) is 53.5 Å². The minimum atomic E-state index is 0.522. The number of nitrogens with two attached hydrogens (primary N) is 1. The molecule has 2 N–H and O–H groups in total. The highest BCUT2D eigenvalue weighted by atomic mass is 15.3. The first-order valence-corrected chi connectivity index (χ1v) is 5.65. The summed E-state index contributed by atoms with van der Waals surface area (Å²) in [5.41, 5.74) is 8.63. The zero-order valence-corrected chi connectivity index (χ0v) is 9.69. The van der Waals surface area contributed by atoms with Gasteiger partial charge in [0.05, 0.1) is 11.9 Å². The van der Waals surface area contributed by atoms with Gasteiger partial charge in [0.25, 0.3) is 0 Å². The number of hydrogen-bond acceptors (Lipinski definition) is 3. The smallest absolute Gasteiger partial charge is 0.123 e. The maximum atomic E-state index is 5.57. The second-order valence-corrected chi connectivity index (χ2v) is 3.98. The van der Waals surface area contributed by atoms with E-state index in [4.69, 9.17) is 5.73 Å². The van der Waals surface area contributed by atoms with Crippen molar-refractivity contribution in [3.63, 3.8) is 0 Å². The van der Waals surface area contributed by atoms with Crippen LogP contribution < -0.4 is 5.73 Å². The van der Waals surface area contributed by atoms with E-state index >= 15 is 0 Å². The second kappa shape index (κ2) is 4.33. The monoisotopic (exact) mass is 236 g/mol. The van der Waals surface area contributed by atoms with Gasteiger partial charge in [0.2, 0.25) is 0 Å². The molecule has 0 saturated carbocycles. The summed E-state index contributed by atoms with van der Waals surface area (Å²) in [5, 5.41) is 4.34. The highest BCUT2D eigenvalue weighted by molar-refractivity contribution is 5.62. The van der Waals surface area contributed by atoms with Crippen molar-refractivity contribution in [1.29, 1.82) is 0 Å². The van der Waals surface area contributed by atoms with Gasteiger partial charge >= 0.3 is 0 Å². The molecule has 18 heavy (non-hydrogen) atoms. The van der Waals surface area contributed by atoms with Crippen LogP contribution in [0.1, 0.15) is 0 Å². The topological polar surface area (TPSA) is 56.7 Å². The Balaban J connectivity index is 1.97. The first kappa shape index (κ1) is 10.5. The van der Waals surface area contributed by atoms with Gasteiger partial charge in [0.15, 0.2) is 0 Å². The highest BCUT2D eigenvalue weighted by Gasteiger charge is 2.03. The summed E-state index contributed by atoms with van der Waals surface area (Å²) >= 11 is 0. The van der Waals surface area contributed by atoms with Crippen LogP contribution in [0.4, 0.5) is 5.82 Å². The van der Waals surface area contributed by atoms with Gasteiger partial charge in [-0.1, -0.05) is 18.2 Å². The zero-order valence-electron chi connectivity index (χ0n) is 9.69. The van der Waals surface area contributed by atoms with Crippen molar-refractivity contribution in [2.75, 3.05) is 5.73 Å². The lowest BCUT2D eigenvalue weighted by Crippen LogP contribution is -1.92. The fourth-order valence-corrected chi connectivity index (χ4v) is 1.77. The molecule has 4 heteroatoms. The van der Waals surface area contributed by atoms with Crippen LogP contribution in [0.15, 0.2) is 61.1 Å². The molecule has 0 spiro atoms. The van der Waals surface area contributed by atoms with Gasteiger partial charge < -0.3 is 5.73 Å². The van der Waals surface area contributed by atoms with E-state index in [0.717, 1.165) is 16.8 Å². The van der Waals surface area contributed by atoms with Crippen molar-refractivity contribution in [2.45, 2.75) is 0 Å². The first-order valence-electron chi connectivity index (χ1n) is 5.65. The first-order chi connectivity index (χ1) is 8.83. The molecule has 0 fully saturated rings. The summed E-state index contributed by atoms with van der Waals surface area (Å²) in [5.74, 6) is 0.522. The second-order valence-electron chi connectivity index (χ2n) is 3.98. The minimum Gasteiger partial charge on any atom is -0.384 e. The van der Waals surface area contributed by atoms with Gasteiger partial charge in [-0.25, -0.2) is 9.67 Å². The maximum absolute atomic E-state index is 5.57. The molecule has 0 aliphatic rings. The summed E-state index contributed by atoms with van der Waals surface area (Å²) in [6, 6.07) is 13.7. The van der Waals surface area contributed by atoms with Crippen molar-refractivity contribution in [3.8, 4) is 16.8 Å². The number of para-hydroxylation sites is 1. The van der Waals surface area contributed by atoms with E-state index in [-0.39, 0.29) is 0 Å². The van der Waals surface area contributed by atoms with E-state index in [2.05, 4.69) is 10.1 Å². The van der Waals surface area contributed by atoms with Crippen molar-refractivity contribution < 1.29 is 0 Å². The number of hydrogen-bond donors (Lipinski definition) is 1. The van der Waals surface area contributed by atoms with Crippen LogP contribution in [0.25, 0.3) is 16.8 Å². The fourth-order valence-electron chi connectivity index (χ4n) is 1.77. The van der Waals surface area contributed by atoms with Crippen LogP contribution in [0.2, 0.25) is 0 Å². The third-order valence-electron chi connectivity index (χ3n) is 2.72. The summed E-state index contributed by atoms with van der Waals surface area (Å²) in [4.78, 5) is 4.08. The lowest BCUT2D eigenvalue weighted by molar-refractivity contribution is 0.881. The molecule has 2 aromatic heterocycles. The lowest BCUT2D eigenvalue weighted by Gasteiger charge is -1.99. The molecule has 0 aliphatic heterocycles. The van der Waals surface area contributed by atoms with Crippen molar-refractivity contribution >= 4 is 5.82 Å². The predicted octanol–water partition coefficient (Wildman–Crippen LogP) is 2.52. The number of nitrogen functional groups attached to an aromatic ring is 1. The SMILES string of the molecule is Nc1ccc(-c2cnn(-c3ccccc3)c2)cn1. The summed E-state index contributed by atoms with van der Waals surface area (Å²) in [6.45, 7) is 0. The Bertz CT molecular complexity index is 641. The number of nitrogens with zero attached hydrogens (tertiary/aromatic N) is 3. The molecule has 4 nitrogen and oxygen atoms in total. The average Bonchev–Trinajstić information content (AvgIpc) is 2.90. The maximum Gasteiger partial charge on any atom is 0.123 e. The number of pyridine rings is 1. The van der Waals surface area contributed by atoms with E-state index in [1.54, 1.807) is 12.3 Å². The van der Waals surface area contributed by atoms with Gasteiger partial charge in [-0.2, -0.15) is 5.10 Å². The van der Waals surface area contributed by atoms with E-state index < -0.39 is 0 Å². The molecule has 2 heterocycles. The van der Waals surface area contributed by atoms with Gasteiger partial charge in [-0.05, 0) is 24.3 Å². The average molecular weight is 236 g/mol. The lowest BCUT2D eigenvalue weighted by atomic mass is 10.2. The van der Waals surface area contributed by atoms with Crippen molar-refractivity contribution in [3.05, 3.63) is 61.1 Å². The molecule has 3 aromatic rings. The van der Waals surface area contributed by atoms with Crippen molar-refractivity contribution in [1.82, 2.24) is 14.8 Å².